The molecule has 25 heavy (non-hydrogen) atoms. The van der Waals surface area contributed by atoms with Crippen LogP contribution in [0.2, 0.25) is 0 Å². The molecule has 6 nitrogen and oxygen atoms in total. The smallest absolute Gasteiger partial charge is 0.259 e. The SMILES string of the molecule is O=C(c1c[nH]c(=O)cc1O)N(Cc1ccccc1)Cc1ccncc1. The van der Waals surface area contributed by atoms with Gasteiger partial charge < -0.3 is 15.0 Å². The molecule has 2 N–H and O–H groups in total. The van der Waals surface area contributed by atoms with E-state index < -0.39 is 5.56 Å². The second-order valence-corrected chi connectivity index (χ2v) is 5.60. The fourth-order valence-electron chi connectivity index (χ4n) is 2.51. The highest BCUT2D eigenvalue weighted by molar-refractivity contribution is 5.96. The van der Waals surface area contributed by atoms with Crippen molar-refractivity contribution in [1.29, 1.82) is 0 Å². The number of aromatic nitrogens is 2. The molecule has 3 aromatic rings. The van der Waals surface area contributed by atoms with Gasteiger partial charge in [0.1, 0.15) is 5.75 Å². The van der Waals surface area contributed by atoms with Gasteiger partial charge in [-0.15, -0.1) is 0 Å². The molecule has 0 aliphatic rings. The summed E-state index contributed by atoms with van der Waals surface area (Å²) in [7, 11) is 0. The monoisotopic (exact) mass is 335 g/mol. The molecule has 0 radical (unpaired) electrons. The number of amides is 1. The lowest BCUT2D eigenvalue weighted by atomic mass is 10.1. The van der Waals surface area contributed by atoms with Crippen molar-refractivity contribution < 1.29 is 9.90 Å². The number of aromatic hydroxyl groups is 1. The molecule has 0 fully saturated rings. The molecule has 2 aromatic heterocycles. The normalized spacial score (nSPS) is 10.4. The zero-order valence-electron chi connectivity index (χ0n) is 13.4. The fourth-order valence-corrected chi connectivity index (χ4v) is 2.51. The van der Waals surface area contributed by atoms with E-state index in [1.165, 1.54) is 6.20 Å². The van der Waals surface area contributed by atoms with E-state index in [4.69, 9.17) is 0 Å². The third-order valence-electron chi connectivity index (χ3n) is 3.76. The molecule has 0 spiro atoms. The Morgan fingerprint density at radius 1 is 1.04 bits per heavy atom. The Morgan fingerprint density at radius 3 is 2.32 bits per heavy atom. The predicted molar refractivity (Wildman–Crippen MR) is 93.0 cm³/mol. The van der Waals surface area contributed by atoms with Gasteiger partial charge in [-0.05, 0) is 23.3 Å². The Balaban J connectivity index is 1.91. The highest BCUT2D eigenvalue weighted by Crippen LogP contribution is 2.19. The maximum atomic E-state index is 12.9. The zero-order valence-corrected chi connectivity index (χ0v) is 13.4. The largest absolute Gasteiger partial charge is 0.507 e. The first-order valence-corrected chi connectivity index (χ1v) is 7.77. The molecule has 126 valence electrons. The molecular weight excluding hydrogens is 318 g/mol. The van der Waals surface area contributed by atoms with E-state index in [1.807, 2.05) is 42.5 Å². The molecule has 1 aromatic carbocycles. The van der Waals surface area contributed by atoms with E-state index >= 15 is 0 Å². The van der Waals surface area contributed by atoms with Crippen LogP contribution in [0.3, 0.4) is 0 Å². The van der Waals surface area contributed by atoms with E-state index in [1.54, 1.807) is 17.3 Å². The van der Waals surface area contributed by atoms with Crippen LogP contribution < -0.4 is 5.56 Å². The van der Waals surface area contributed by atoms with Crippen LogP contribution in [0.25, 0.3) is 0 Å². The number of hydrogen-bond acceptors (Lipinski definition) is 4. The van der Waals surface area contributed by atoms with Gasteiger partial charge in [-0.3, -0.25) is 14.6 Å². The molecular formula is C19H17N3O3. The number of nitrogens with one attached hydrogen (secondary N) is 1. The first-order chi connectivity index (χ1) is 12.1. The average Bonchev–Trinajstić information content (AvgIpc) is 2.62. The van der Waals surface area contributed by atoms with Gasteiger partial charge in [-0.1, -0.05) is 30.3 Å². The van der Waals surface area contributed by atoms with Crippen LogP contribution in [-0.4, -0.2) is 25.9 Å². The van der Waals surface area contributed by atoms with Crippen molar-refractivity contribution in [2.45, 2.75) is 13.1 Å². The molecule has 0 saturated heterocycles. The quantitative estimate of drug-likeness (QED) is 0.749. The van der Waals surface area contributed by atoms with Crippen LogP contribution in [0, 0.1) is 0 Å². The summed E-state index contributed by atoms with van der Waals surface area (Å²) in [5.41, 5.74) is 1.49. The molecule has 3 rings (SSSR count). The van der Waals surface area contributed by atoms with Crippen LogP contribution in [0.4, 0.5) is 0 Å². The van der Waals surface area contributed by atoms with Crippen molar-refractivity contribution >= 4 is 5.91 Å². The molecule has 2 heterocycles. The summed E-state index contributed by atoms with van der Waals surface area (Å²) < 4.78 is 0. The Bertz CT molecular complexity index is 866. The van der Waals surface area contributed by atoms with Gasteiger partial charge in [-0.25, -0.2) is 0 Å². The van der Waals surface area contributed by atoms with Gasteiger partial charge in [0.05, 0.1) is 5.56 Å². The highest BCUT2D eigenvalue weighted by Gasteiger charge is 2.20. The number of rotatable bonds is 5. The van der Waals surface area contributed by atoms with Crippen molar-refractivity contribution in [3.63, 3.8) is 0 Å². The first kappa shape index (κ1) is 16.4. The number of nitrogens with zero attached hydrogens (tertiary/aromatic N) is 2. The number of carbonyl (C=O) groups is 1. The van der Waals surface area contributed by atoms with Crippen molar-refractivity contribution in [3.8, 4) is 5.75 Å². The highest BCUT2D eigenvalue weighted by atomic mass is 16.3. The minimum atomic E-state index is -0.460. The average molecular weight is 335 g/mol. The van der Waals surface area contributed by atoms with Crippen molar-refractivity contribution in [3.05, 3.63) is 94.2 Å². The summed E-state index contributed by atoms with van der Waals surface area (Å²) in [5, 5.41) is 9.97. The zero-order chi connectivity index (χ0) is 17.6. The minimum absolute atomic E-state index is 0.0598. The summed E-state index contributed by atoms with van der Waals surface area (Å²) in [6.45, 7) is 0.732. The lowest BCUT2D eigenvalue weighted by Gasteiger charge is -2.23. The van der Waals surface area contributed by atoms with Crippen LogP contribution in [0.5, 0.6) is 5.75 Å². The van der Waals surface area contributed by atoms with Crippen molar-refractivity contribution in [2.75, 3.05) is 0 Å². The van der Waals surface area contributed by atoms with E-state index in [2.05, 4.69) is 9.97 Å². The Hall–Kier alpha value is -3.41. The van der Waals surface area contributed by atoms with Gasteiger partial charge >= 0.3 is 0 Å². The summed E-state index contributed by atoms with van der Waals surface area (Å²) in [5.74, 6) is -0.698. The Labute approximate surface area is 144 Å². The fraction of sp³-hybridized carbons (Fsp3) is 0.105. The standard InChI is InChI=1S/C19H17N3O3/c23-17-10-18(24)21-11-16(17)19(25)22(12-14-4-2-1-3-5-14)13-15-6-8-20-9-7-15/h1-11H,12-13H2,(H2,21,23,24). The van der Waals surface area contributed by atoms with Gasteiger partial charge in [-0.2, -0.15) is 0 Å². The summed E-state index contributed by atoms with van der Waals surface area (Å²) in [4.78, 5) is 32.2. The first-order valence-electron chi connectivity index (χ1n) is 7.77. The topological polar surface area (TPSA) is 86.3 Å². The van der Waals surface area contributed by atoms with Crippen LogP contribution in [-0.2, 0) is 13.1 Å². The van der Waals surface area contributed by atoms with Crippen molar-refractivity contribution in [1.82, 2.24) is 14.9 Å². The molecule has 6 heteroatoms. The van der Waals surface area contributed by atoms with Gasteiger partial charge in [0.2, 0.25) is 0 Å². The number of hydrogen-bond donors (Lipinski definition) is 2. The van der Waals surface area contributed by atoms with Gasteiger partial charge in [0.15, 0.2) is 0 Å². The van der Waals surface area contributed by atoms with E-state index in [0.717, 1.165) is 17.2 Å². The maximum absolute atomic E-state index is 12.9. The summed E-state index contributed by atoms with van der Waals surface area (Å²) in [6, 6.07) is 14.2. The second kappa shape index (κ2) is 7.44. The van der Waals surface area contributed by atoms with E-state index in [9.17, 15) is 14.7 Å². The van der Waals surface area contributed by atoms with E-state index in [0.29, 0.717) is 13.1 Å². The molecule has 0 atom stereocenters. The van der Waals surface area contributed by atoms with Crippen LogP contribution in [0.1, 0.15) is 21.5 Å². The third-order valence-corrected chi connectivity index (χ3v) is 3.76. The van der Waals surface area contributed by atoms with Gasteiger partial charge in [0.25, 0.3) is 11.5 Å². The number of aromatic amines is 1. The summed E-state index contributed by atoms with van der Waals surface area (Å²) >= 11 is 0. The Morgan fingerprint density at radius 2 is 1.68 bits per heavy atom. The predicted octanol–water partition coefficient (Wildman–Crippen LogP) is 2.32. The molecule has 0 aliphatic heterocycles. The minimum Gasteiger partial charge on any atom is -0.507 e. The maximum Gasteiger partial charge on any atom is 0.259 e. The molecule has 0 aliphatic carbocycles. The van der Waals surface area contributed by atoms with E-state index in [-0.39, 0.29) is 17.2 Å². The third kappa shape index (κ3) is 4.11. The molecule has 0 unspecified atom stereocenters. The lowest BCUT2D eigenvalue weighted by molar-refractivity contribution is 0.0726. The van der Waals surface area contributed by atoms with Crippen LogP contribution in [0.15, 0.2) is 71.9 Å². The number of carbonyl (C=O) groups excluding carboxylic acids is 1. The van der Waals surface area contributed by atoms with Gasteiger partial charge in [0, 0.05) is 37.7 Å². The molecule has 1 amide bonds. The molecule has 0 saturated carbocycles. The number of H-pyrrole nitrogens is 1. The van der Waals surface area contributed by atoms with Crippen LogP contribution >= 0.6 is 0 Å². The Kier molecular flexibility index (Phi) is 4.89. The summed E-state index contributed by atoms with van der Waals surface area (Å²) in [6.07, 6.45) is 4.57. The second-order valence-electron chi connectivity index (χ2n) is 5.60. The lowest BCUT2D eigenvalue weighted by Crippen LogP contribution is -2.30. The van der Waals surface area contributed by atoms with Crippen molar-refractivity contribution in [2.24, 2.45) is 0 Å². The number of pyridine rings is 2. The number of benzene rings is 1. The molecule has 0 bridgehead atoms.